The highest BCUT2D eigenvalue weighted by atomic mass is 35.5. The van der Waals surface area contributed by atoms with Crippen molar-refractivity contribution in [1.82, 2.24) is 14.6 Å². The summed E-state index contributed by atoms with van der Waals surface area (Å²) < 4.78 is 31.3. The Labute approximate surface area is 119 Å². The molecule has 0 amide bonds. The minimum atomic E-state index is -3.46. The number of piperazine rings is 1. The second-order valence-electron chi connectivity index (χ2n) is 4.21. The lowest BCUT2D eigenvalue weighted by Gasteiger charge is -2.32. The number of pyridine rings is 1. The molecule has 0 saturated carbocycles. The Hall–Kier alpha value is -0.890. The number of hydrogen-bond acceptors (Lipinski definition) is 5. The van der Waals surface area contributed by atoms with Gasteiger partial charge in [-0.25, -0.2) is 13.4 Å². The van der Waals surface area contributed by atoms with E-state index < -0.39 is 10.0 Å². The van der Waals surface area contributed by atoms with Crippen LogP contribution < -0.4 is 10.1 Å². The van der Waals surface area contributed by atoms with Gasteiger partial charge in [0.15, 0.2) is 0 Å². The van der Waals surface area contributed by atoms with Gasteiger partial charge in [-0.15, -0.1) is 12.4 Å². The predicted molar refractivity (Wildman–Crippen MR) is 74.3 cm³/mol. The topological polar surface area (TPSA) is 71.5 Å². The van der Waals surface area contributed by atoms with Crippen molar-refractivity contribution < 1.29 is 13.2 Å². The highest BCUT2D eigenvalue weighted by Gasteiger charge is 2.30. The van der Waals surface area contributed by atoms with Crippen LogP contribution in [0.15, 0.2) is 23.2 Å². The van der Waals surface area contributed by atoms with Crippen LogP contribution in [0.4, 0.5) is 0 Å². The van der Waals surface area contributed by atoms with Crippen LogP contribution in [-0.4, -0.2) is 50.5 Å². The van der Waals surface area contributed by atoms with Crippen LogP contribution in [0.1, 0.15) is 6.92 Å². The Morgan fingerprint density at radius 1 is 1.47 bits per heavy atom. The summed E-state index contributed by atoms with van der Waals surface area (Å²) in [7, 11) is -1.97. The Morgan fingerprint density at radius 2 is 2.21 bits per heavy atom. The van der Waals surface area contributed by atoms with Crippen LogP contribution in [0.25, 0.3) is 0 Å². The van der Waals surface area contributed by atoms with Crippen molar-refractivity contribution >= 4 is 22.4 Å². The zero-order valence-electron chi connectivity index (χ0n) is 10.9. The van der Waals surface area contributed by atoms with Gasteiger partial charge in [0.05, 0.1) is 13.3 Å². The molecule has 0 aromatic carbocycles. The average Bonchev–Trinajstić information content (AvgIpc) is 2.39. The molecule has 0 radical (unpaired) electrons. The first-order valence-corrected chi connectivity index (χ1v) is 7.22. The summed E-state index contributed by atoms with van der Waals surface area (Å²) in [5, 5.41) is 3.16. The van der Waals surface area contributed by atoms with E-state index in [1.807, 2.05) is 6.92 Å². The third-order valence-electron chi connectivity index (χ3n) is 2.97. The molecule has 0 spiro atoms. The van der Waals surface area contributed by atoms with Gasteiger partial charge in [-0.1, -0.05) is 0 Å². The molecular formula is C11H18ClN3O3S. The van der Waals surface area contributed by atoms with Gasteiger partial charge in [0.2, 0.25) is 15.9 Å². The SMILES string of the molecule is COc1ccc(S(=O)(=O)N2CCNC[C@H]2C)cn1.Cl. The summed E-state index contributed by atoms with van der Waals surface area (Å²) >= 11 is 0. The Balaban J connectivity index is 0.00000180. The molecule has 0 bridgehead atoms. The van der Waals surface area contributed by atoms with E-state index in [1.165, 1.54) is 23.7 Å². The van der Waals surface area contributed by atoms with Crippen molar-refractivity contribution in [3.05, 3.63) is 18.3 Å². The van der Waals surface area contributed by atoms with Gasteiger partial charge in [0.25, 0.3) is 0 Å². The summed E-state index contributed by atoms with van der Waals surface area (Å²) in [6.45, 7) is 3.71. The quantitative estimate of drug-likeness (QED) is 0.880. The number of ether oxygens (including phenoxy) is 1. The summed E-state index contributed by atoms with van der Waals surface area (Å²) in [4.78, 5) is 4.15. The number of rotatable bonds is 3. The van der Waals surface area contributed by atoms with Gasteiger partial charge >= 0.3 is 0 Å². The largest absolute Gasteiger partial charge is 0.481 e. The van der Waals surface area contributed by atoms with E-state index in [1.54, 1.807) is 6.07 Å². The van der Waals surface area contributed by atoms with Crippen LogP contribution in [0.5, 0.6) is 5.88 Å². The molecule has 0 unspecified atom stereocenters. The Kier molecular flexibility index (Phi) is 5.54. The van der Waals surface area contributed by atoms with Crippen molar-refractivity contribution in [2.75, 3.05) is 26.7 Å². The molecule has 19 heavy (non-hydrogen) atoms. The number of halogens is 1. The van der Waals surface area contributed by atoms with E-state index in [2.05, 4.69) is 10.3 Å². The van der Waals surface area contributed by atoms with E-state index in [0.717, 1.165) is 0 Å². The fourth-order valence-electron chi connectivity index (χ4n) is 1.95. The first-order chi connectivity index (χ1) is 8.55. The highest BCUT2D eigenvalue weighted by molar-refractivity contribution is 7.89. The van der Waals surface area contributed by atoms with Gasteiger partial charge in [0, 0.05) is 31.7 Å². The Bertz CT molecular complexity index is 506. The zero-order valence-corrected chi connectivity index (χ0v) is 12.5. The van der Waals surface area contributed by atoms with Crippen molar-refractivity contribution in [2.24, 2.45) is 0 Å². The molecule has 8 heteroatoms. The van der Waals surface area contributed by atoms with E-state index in [4.69, 9.17) is 4.74 Å². The zero-order chi connectivity index (χ0) is 13.2. The maximum Gasteiger partial charge on any atom is 0.244 e. The lowest BCUT2D eigenvalue weighted by molar-refractivity contribution is 0.283. The van der Waals surface area contributed by atoms with Crippen LogP contribution in [0.3, 0.4) is 0 Å². The number of hydrogen-bond donors (Lipinski definition) is 1. The van der Waals surface area contributed by atoms with Crippen LogP contribution >= 0.6 is 12.4 Å². The molecular weight excluding hydrogens is 290 g/mol. The molecule has 1 aromatic rings. The van der Waals surface area contributed by atoms with Crippen molar-refractivity contribution in [3.8, 4) is 5.88 Å². The molecule has 6 nitrogen and oxygen atoms in total. The number of aromatic nitrogens is 1. The third-order valence-corrected chi connectivity index (χ3v) is 4.96. The first-order valence-electron chi connectivity index (χ1n) is 5.78. The van der Waals surface area contributed by atoms with Crippen LogP contribution in [0, 0.1) is 0 Å². The second kappa shape index (κ2) is 6.51. The number of methoxy groups -OCH3 is 1. The van der Waals surface area contributed by atoms with Crippen molar-refractivity contribution in [2.45, 2.75) is 17.9 Å². The molecule has 2 heterocycles. The highest BCUT2D eigenvalue weighted by Crippen LogP contribution is 2.19. The molecule has 2 rings (SSSR count). The average molecular weight is 308 g/mol. The number of nitrogens with zero attached hydrogens (tertiary/aromatic N) is 2. The van der Waals surface area contributed by atoms with E-state index in [-0.39, 0.29) is 23.3 Å². The van der Waals surface area contributed by atoms with Crippen LogP contribution in [0.2, 0.25) is 0 Å². The molecule has 1 aromatic heterocycles. The minimum Gasteiger partial charge on any atom is -0.481 e. The summed E-state index contributed by atoms with van der Waals surface area (Å²) in [6, 6.07) is 3.03. The van der Waals surface area contributed by atoms with Crippen molar-refractivity contribution in [3.63, 3.8) is 0 Å². The van der Waals surface area contributed by atoms with Gasteiger partial charge in [-0.3, -0.25) is 0 Å². The third kappa shape index (κ3) is 3.36. The van der Waals surface area contributed by atoms with Gasteiger partial charge in [-0.05, 0) is 13.0 Å². The second-order valence-corrected chi connectivity index (χ2v) is 6.10. The number of nitrogens with one attached hydrogen (secondary N) is 1. The Morgan fingerprint density at radius 3 is 2.74 bits per heavy atom. The van der Waals surface area contributed by atoms with Gasteiger partial charge < -0.3 is 10.1 Å². The maximum atomic E-state index is 12.4. The molecule has 1 atom stereocenters. The minimum absolute atomic E-state index is 0. The molecule has 1 aliphatic heterocycles. The van der Waals surface area contributed by atoms with Gasteiger partial charge in [0.1, 0.15) is 4.90 Å². The fourth-order valence-corrected chi connectivity index (χ4v) is 3.53. The van der Waals surface area contributed by atoms with E-state index in [0.29, 0.717) is 25.5 Å². The fraction of sp³-hybridized carbons (Fsp3) is 0.545. The first kappa shape index (κ1) is 16.2. The lowest BCUT2D eigenvalue weighted by Crippen LogP contribution is -2.52. The summed E-state index contributed by atoms with van der Waals surface area (Å²) in [5.74, 6) is 0.405. The summed E-state index contributed by atoms with van der Waals surface area (Å²) in [6.07, 6.45) is 1.34. The normalized spacial score (nSPS) is 20.6. The predicted octanol–water partition coefficient (Wildman–Crippen LogP) is 0.494. The summed E-state index contributed by atoms with van der Waals surface area (Å²) in [5.41, 5.74) is 0. The standard InChI is InChI=1S/C11H17N3O3S.ClH/c1-9-7-12-5-6-14(9)18(15,16)10-3-4-11(17-2)13-8-10;/h3-4,8-9,12H,5-7H2,1-2H3;1H/t9-;/m1./s1. The van der Waals surface area contributed by atoms with Crippen LogP contribution in [-0.2, 0) is 10.0 Å². The van der Waals surface area contributed by atoms with E-state index in [9.17, 15) is 8.42 Å². The smallest absolute Gasteiger partial charge is 0.244 e. The molecule has 1 saturated heterocycles. The molecule has 1 aliphatic rings. The molecule has 1 N–H and O–H groups in total. The molecule has 108 valence electrons. The monoisotopic (exact) mass is 307 g/mol. The maximum absolute atomic E-state index is 12.4. The lowest BCUT2D eigenvalue weighted by atomic mass is 10.3. The van der Waals surface area contributed by atoms with E-state index >= 15 is 0 Å². The number of sulfonamides is 1. The van der Waals surface area contributed by atoms with Gasteiger partial charge in [-0.2, -0.15) is 4.31 Å². The molecule has 0 aliphatic carbocycles. The van der Waals surface area contributed by atoms with Crippen molar-refractivity contribution in [1.29, 1.82) is 0 Å². The molecule has 1 fully saturated rings.